The predicted octanol–water partition coefficient (Wildman–Crippen LogP) is 1.55. The van der Waals surface area contributed by atoms with Gasteiger partial charge in [0.25, 0.3) is 0 Å². The maximum absolute atomic E-state index is 5.90. The van der Waals surface area contributed by atoms with Crippen molar-refractivity contribution in [3.8, 4) is 0 Å². The van der Waals surface area contributed by atoms with Crippen LogP contribution >= 0.6 is 0 Å². The van der Waals surface area contributed by atoms with E-state index in [0.29, 0.717) is 11.7 Å². The van der Waals surface area contributed by atoms with Crippen LogP contribution in [0.4, 0.5) is 11.6 Å². The lowest BCUT2D eigenvalue weighted by molar-refractivity contribution is 0.0820. The predicted molar refractivity (Wildman–Crippen MR) is 70.7 cm³/mol. The Balaban J connectivity index is 1.85. The average Bonchev–Trinajstić information content (AvgIpc) is 3.14. The van der Waals surface area contributed by atoms with Crippen molar-refractivity contribution in [2.45, 2.75) is 38.2 Å². The van der Waals surface area contributed by atoms with Gasteiger partial charge >= 0.3 is 0 Å². The second kappa shape index (κ2) is 4.72. The van der Waals surface area contributed by atoms with Gasteiger partial charge in [0.15, 0.2) is 0 Å². The quantitative estimate of drug-likeness (QED) is 0.860. The van der Waals surface area contributed by atoms with Crippen LogP contribution in [0.15, 0.2) is 6.07 Å². The SMILES string of the molecule is CC1CN(c2cc(N)nc(C3CC3)n2)CCCO1. The van der Waals surface area contributed by atoms with Gasteiger partial charge in [-0.25, -0.2) is 9.97 Å². The molecule has 1 saturated carbocycles. The van der Waals surface area contributed by atoms with Crippen LogP contribution in [0.3, 0.4) is 0 Å². The third-order valence-electron chi connectivity index (χ3n) is 3.47. The van der Waals surface area contributed by atoms with Crippen molar-refractivity contribution in [2.24, 2.45) is 0 Å². The molecule has 18 heavy (non-hydrogen) atoms. The Hall–Kier alpha value is -1.36. The lowest BCUT2D eigenvalue weighted by atomic mass is 10.3. The van der Waals surface area contributed by atoms with Gasteiger partial charge in [-0.3, -0.25) is 0 Å². The summed E-state index contributed by atoms with van der Waals surface area (Å²) in [6.07, 6.45) is 3.67. The van der Waals surface area contributed by atoms with E-state index in [1.54, 1.807) is 0 Å². The van der Waals surface area contributed by atoms with E-state index < -0.39 is 0 Å². The second-order valence-corrected chi connectivity index (χ2v) is 5.26. The first kappa shape index (κ1) is 11.7. The van der Waals surface area contributed by atoms with Gasteiger partial charge in [-0.15, -0.1) is 0 Å². The van der Waals surface area contributed by atoms with Crippen molar-refractivity contribution >= 4 is 11.6 Å². The molecular weight excluding hydrogens is 228 g/mol. The summed E-state index contributed by atoms with van der Waals surface area (Å²) in [4.78, 5) is 11.3. The Morgan fingerprint density at radius 1 is 1.39 bits per heavy atom. The smallest absolute Gasteiger partial charge is 0.136 e. The van der Waals surface area contributed by atoms with Crippen molar-refractivity contribution in [3.63, 3.8) is 0 Å². The monoisotopic (exact) mass is 248 g/mol. The molecule has 5 heteroatoms. The summed E-state index contributed by atoms with van der Waals surface area (Å²) >= 11 is 0. The van der Waals surface area contributed by atoms with Gasteiger partial charge in [-0.1, -0.05) is 0 Å². The molecule has 2 aliphatic rings. The molecule has 98 valence electrons. The molecule has 2 N–H and O–H groups in total. The minimum absolute atomic E-state index is 0.244. The van der Waals surface area contributed by atoms with Crippen LogP contribution in [-0.4, -0.2) is 35.8 Å². The maximum atomic E-state index is 5.90. The Bertz CT molecular complexity index is 433. The van der Waals surface area contributed by atoms with E-state index in [-0.39, 0.29) is 6.10 Å². The van der Waals surface area contributed by atoms with Crippen molar-refractivity contribution < 1.29 is 4.74 Å². The number of nitrogens with zero attached hydrogens (tertiary/aromatic N) is 3. The Labute approximate surface area is 107 Å². The Kier molecular flexibility index (Phi) is 3.07. The Morgan fingerprint density at radius 2 is 2.22 bits per heavy atom. The lowest BCUT2D eigenvalue weighted by Gasteiger charge is -2.23. The summed E-state index contributed by atoms with van der Waals surface area (Å²) in [6.45, 7) is 4.78. The molecular formula is C13H20N4O. The molecule has 2 fully saturated rings. The third kappa shape index (κ3) is 2.56. The van der Waals surface area contributed by atoms with Crippen LogP contribution in [0.25, 0.3) is 0 Å². The summed E-state index contributed by atoms with van der Waals surface area (Å²) in [6, 6.07) is 1.88. The molecule has 0 spiro atoms. The molecule has 1 aromatic heterocycles. The molecule has 0 radical (unpaired) electrons. The number of anilines is 2. The molecule has 0 aromatic carbocycles. The minimum Gasteiger partial charge on any atom is -0.384 e. The summed E-state index contributed by atoms with van der Waals surface area (Å²) < 4.78 is 5.66. The van der Waals surface area contributed by atoms with Gasteiger partial charge < -0.3 is 15.4 Å². The summed E-state index contributed by atoms with van der Waals surface area (Å²) in [5, 5.41) is 0. The van der Waals surface area contributed by atoms with Gasteiger partial charge in [0, 0.05) is 31.7 Å². The molecule has 1 saturated heterocycles. The largest absolute Gasteiger partial charge is 0.384 e. The van der Waals surface area contributed by atoms with Crippen LogP contribution in [0.1, 0.15) is 37.9 Å². The molecule has 1 atom stereocenters. The summed E-state index contributed by atoms with van der Waals surface area (Å²) in [7, 11) is 0. The third-order valence-corrected chi connectivity index (χ3v) is 3.47. The van der Waals surface area contributed by atoms with Gasteiger partial charge in [0.2, 0.25) is 0 Å². The highest BCUT2D eigenvalue weighted by molar-refractivity contribution is 5.47. The number of nitrogens with two attached hydrogens (primary N) is 1. The number of rotatable bonds is 2. The zero-order valence-electron chi connectivity index (χ0n) is 10.8. The maximum Gasteiger partial charge on any atom is 0.136 e. The molecule has 0 bridgehead atoms. The highest BCUT2D eigenvalue weighted by atomic mass is 16.5. The van der Waals surface area contributed by atoms with Gasteiger partial charge in [0.05, 0.1) is 6.10 Å². The zero-order valence-corrected chi connectivity index (χ0v) is 10.8. The van der Waals surface area contributed by atoms with Crippen molar-refractivity contribution in [3.05, 3.63) is 11.9 Å². The second-order valence-electron chi connectivity index (χ2n) is 5.26. The number of hydrogen-bond donors (Lipinski definition) is 1. The molecule has 3 rings (SSSR count). The van der Waals surface area contributed by atoms with Crippen LogP contribution in [0, 0.1) is 0 Å². The van der Waals surface area contributed by atoms with Crippen molar-refractivity contribution in [2.75, 3.05) is 30.3 Å². The first-order valence-electron chi connectivity index (χ1n) is 6.73. The van der Waals surface area contributed by atoms with Crippen LogP contribution in [0.2, 0.25) is 0 Å². The molecule has 1 aliphatic carbocycles. The average molecular weight is 248 g/mol. The van der Waals surface area contributed by atoms with E-state index in [2.05, 4.69) is 21.8 Å². The van der Waals surface area contributed by atoms with Crippen LogP contribution in [0.5, 0.6) is 0 Å². The highest BCUT2D eigenvalue weighted by Gasteiger charge is 2.28. The number of aromatic nitrogens is 2. The topological polar surface area (TPSA) is 64.3 Å². The first-order valence-corrected chi connectivity index (χ1v) is 6.73. The van der Waals surface area contributed by atoms with E-state index in [4.69, 9.17) is 10.5 Å². The lowest BCUT2D eigenvalue weighted by Crippen LogP contribution is -2.31. The Morgan fingerprint density at radius 3 is 3.00 bits per heavy atom. The van der Waals surface area contributed by atoms with E-state index in [1.807, 2.05) is 6.07 Å². The van der Waals surface area contributed by atoms with Crippen LogP contribution in [-0.2, 0) is 4.74 Å². The van der Waals surface area contributed by atoms with E-state index in [0.717, 1.165) is 37.8 Å². The number of nitrogen functional groups attached to an aromatic ring is 1. The minimum atomic E-state index is 0.244. The van der Waals surface area contributed by atoms with Gasteiger partial charge in [-0.2, -0.15) is 0 Å². The number of hydrogen-bond acceptors (Lipinski definition) is 5. The molecule has 1 aliphatic heterocycles. The summed E-state index contributed by atoms with van der Waals surface area (Å²) in [5.41, 5.74) is 5.90. The standard InChI is InChI=1S/C13H20N4O/c1-9-8-17(5-2-6-18-9)12-7-11(14)15-13(16-12)10-3-4-10/h7,9-10H,2-6,8H2,1H3,(H2,14,15,16). The van der Waals surface area contributed by atoms with E-state index in [9.17, 15) is 0 Å². The van der Waals surface area contributed by atoms with Crippen LogP contribution < -0.4 is 10.6 Å². The van der Waals surface area contributed by atoms with Crippen molar-refractivity contribution in [1.29, 1.82) is 0 Å². The van der Waals surface area contributed by atoms with Gasteiger partial charge in [-0.05, 0) is 26.2 Å². The fourth-order valence-electron chi connectivity index (χ4n) is 2.36. The van der Waals surface area contributed by atoms with Gasteiger partial charge in [0.1, 0.15) is 17.5 Å². The summed E-state index contributed by atoms with van der Waals surface area (Å²) in [5.74, 6) is 3.00. The fraction of sp³-hybridized carbons (Fsp3) is 0.692. The molecule has 0 amide bonds. The van der Waals surface area contributed by atoms with E-state index in [1.165, 1.54) is 12.8 Å². The zero-order chi connectivity index (χ0) is 12.5. The van der Waals surface area contributed by atoms with E-state index >= 15 is 0 Å². The molecule has 2 heterocycles. The fourth-order valence-corrected chi connectivity index (χ4v) is 2.36. The number of ether oxygens (including phenoxy) is 1. The normalized spacial score (nSPS) is 24.9. The highest BCUT2D eigenvalue weighted by Crippen LogP contribution is 2.39. The molecule has 5 nitrogen and oxygen atoms in total. The molecule has 1 aromatic rings. The van der Waals surface area contributed by atoms with Crippen molar-refractivity contribution in [1.82, 2.24) is 9.97 Å². The first-order chi connectivity index (χ1) is 8.72. The molecule has 1 unspecified atom stereocenters.